The van der Waals surface area contributed by atoms with Gasteiger partial charge in [-0.25, -0.2) is 4.79 Å². The molecule has 0 aromatic heterocycles. The first-order valence-electron chi connectivity index (χ1n) is 7.19. The smallest absolute Gasteiger partial charge is 0.410 e. The zero-order chi connectivity index (χ0) is 16.9. The Hall–Kier alpha value is -2.23. The van der Waals surface area contributed by atoms with Crippen molar-refractivity contribution in [2.75, 3.05) is 7.05 Å². The van der Waals surface area contributed by atoms with Crippen molar-refractivity contribution in [3.05, 3.63) is 53.8 Å². The topological polar surface area (TPSA) is 49.8 Å². The average Bonchev–Trinajstić information content (AvgIpc) is 2.37. The number of carbonyl (C=O) groups excluding carboxylic acids is 1. The molecule has 22 heavy (non-hydrogen) atoms. The maximum atomic E-state index is 12.0. The van der Waals surface area contributed by atoms with E-state index in [1.165, 1.54) is 4.90 Å². The van der Waals surface area contributed by atoms with Gasteiger partial charge in [0.2, 0.25) is 0 Å². The number of aliphatic hydroxyl groups is 1. The third kappa shape index (κ3) is 5.28. The Bertz CT molecular complexity index is 578. The molecular weight excluding hydrogens is 278 g/mol. The fraction of sp³-hybridized carbons (Fsp3) is 0.389. The molecule has 1 aromatic carbocycles. The number of rotatable bonds is 4. The summed E-state index contributed by atoms with van der Waals surface area (Å²) in [7, 11) is 1.70. The van der Waals surface area contributed by atoms with Gasteiger partial charge in [-0.15, -0.1) is 0 Å². The molecular formula is C18H25NO3. The molecule has 0 heterocycles. The second-order valence-electron chi connectivity index (χ2n) is 6.24. The van der Waals surface area contributed by atoms with Gasteiger partial charge in [0.15, 0.2) is 0 Å². The van der Waals surface area contributed by atoms with E-state index in [0.717, 1.165) is 11.1 Å². The van der Waals surface area contributed by atoms with E-state index in [2.05, 4.69) is 6.58 Å². The third-order valence-electron chi connectivity index (χ3n) is 2.96. The molecule has 0 aliphatic rings. The van der Waals surface area contributed by atoms with Crippen LogP contribution in [0.3, 0.4) is 0 Å². The molecule has 0 aliphatic heterocycles. The third-order valence-corrected chi connectivity index (χ3v) is 2.96. The molecule has 0 atom stereocenters. The first-order valence-corrected chi connectivity index (χ1v) is 7.19. The van der Waals surface area contributed by atoms with Crippen LogP contribution in [0.25, 0.3) is 5.57 Å². The van der Waals surface area contributed by atoms with Crippen molar-refractivity contribution in [1.82, 2.24) is 4.90 Å². The maximum Gasteiger partial charge on any atom is 0.410 e. The normalized spacial score (nSPS) is 12.4. The monoisotopic (exact) mass is 303 g/mol. The number of amides is 1. The molecule has 1 N–H and O–H groups in total. The van der Waals surface area contributed by atoms with Gasteiger partial charge in [0.05, 0.1) is 5.76 Å². The average molecular weight is 303 g/mol. The minimum Gasteiger partial charge on any atom is -0.512 e. The molecule has 0 unspecified atom stereocenters. The highest BCUT2D eigenvalue weighted by Crippen LogP contribution is 2.20. The highest BCUT2D eigenvalue weighted by atomic mass is 16.6. The number of hydrogen-bond donors (Lipinski definition) is 1. The lowest BCUT2D eigenvalue weighted by atomic mass is 10.0. The number of benzene rings is 1. The zero-order valence-corrected chi connectivity index (χ0v) is 14.0. The van der Waals surface area contributed by atoms with Gasteiger partial charge < -0.3 is 14.7 Å². The van der Waals surface area contributed by atoms with Crippen molar-refractivity contribution in [3.63, 3.8) is 0 Å². The molecule has 1 amide bonds. The zero-order valence-electron chi connectivity index (χ0n) is 14.0. The van der Waals surface area contributed by atoms with Gasteiger partial charge in [-0.3, -0.25) is 0 Å². The lowest BCUT2D eigenvalue weighted by Crippen LogP contribution is -2.33. The summed E-state index contributed by atoms with van der Waals surface area (Å²) in [6.45, 7) is 11.3. The summed E-state index contributed by atoms with van der Waals surface area (Å²) >= 11 is 0. The molecule has 0 spiro atoms. The number of allylic oxidation sites excluding steroid dienone is 3. The Balaban J connectivity index is 2.89. The van der Waals surface area contributed by atoms with E-state index in [0.29, 0.717) is 12.1 Å². The van der Waals surface area contributed by atoms with E-state index in [-0.39, 0.29) is 11.9 Å². The number of carbonyl (C=O) groups is 1. The number of hydrogen-bond acceptors (Lipinski definition) is 3. The summed E-state index contributed by atoms with van der Waals surface area (Å²) in [4.78, 5) is 13.5. The van der Waals surface area contributed by atoms with Crippen LogP contribution in [0.1, 0.15) is 38.8 Å². The quantitative estimate of drug-likeness (QED) is 0.657. The maximum absolute atomic E-state index is 12.0. The first-order chi connectivity index (χ1) is 10.1. The Morgan fingerprint density at radius 3 is 2.55 bits per heavy atom. The SMILES string of the molecule is C=C/C(=C(\C)O)c1cccc(CN(C)C(=O)OC(C)(C)C)c1. The molecule has 0 saturated heterocycles. The highest BCUT2D eigenvalue weighted by molar-refractivity contribution is 5.75. The van der Waals surface area contributed by atoms with Crippen LogP contribution in [0.5, 0.6) is 0 Å². The minimum atomic E-state index is -0.514. The van der Waals surface area contributed by atoms with Crippen LogP contribution >= 0.6 is 0 Å². The molecule has 1 rings (SSSR count). The molecule has 0 fully saturated rings. The Kier molecular flexibility index (Phi) is 5.80. The van der Waals surface area contributed by atoms with Gasteiger partial charge in [0, 0.05) is 19.2 Å². The van der Waals surface area contributed by atoms with Crippen molar-refractivity contribution >= 4 is 11.7 Å². The van der Waals surface area contributed by atoms with Crippen molar-refractivity contribution in [1.29, 1.82) is 0 Å². The van der Waals surface area contributed by atoms with Crippen molar-refractivity contribution < 1.29 is 14.6 Å². The predicted molar refractivity (Wildman–Crippen MR) is 89.6 cm³/mol. The Labute approximate surface area is 132 Å². The molecule has 4 nitrogen and oxygen atoms in total. The van der Waals surface area contributed by atoms with Gasteiger partial charge in [0.25, 0.3) is 0 Å². The molecule has 1 aromatic rings. The van der Waals surface area contributed by atoms with E-state index in [4.69, 9.17) is 4.74 Å². The van der Waals surface area contributed by atoms with Crippen molar-refractivity contribution in [3.8, 4) is 0 Å². The van der Waals surface area contributed by atoms with Gasteiger partial charge in [-0.05, 0) is 44.9 Å². The summed E-state index contributed by atoms with van der Waals surface area (Å²) in [5, 5.41) is 9.68. The van der Waals surface area contributed by atoms with Crippen molar-refractivity contribution in [2.24, 2.45) is 0 Å². The molecule has 0 saturated carbocycles. The number of nitrogens with zero attached hydrogens (tertiary/aromatic N) is 1. The summed E-state index contributed by atoms with van der Waals surface area (Å²) in [6, 6.07) is 7.64. The minimum absolute atomic E-state index is 0.215. The molecule has 4 heteroatoms. The highest BCUT2D eigenvalue weighted by Gasteiger charge is 2.19. The summed E-state index contributed by atoms with van der Waals surface area (Å²) in [6.07, 6.45) is 1.25. The van der Waals surface area contributed by atoms with Crippen LogP contribution in [0.2, 0.25) is 0 Å². The fourth-order valence-electron chi connectivity index (χ4n) is 1.99. The first kappa shape index (κ1) is 17.8. The standard InChI is InChI=1S/C18H25NO3/c1-7-16(13(2)20)15-10-8-9-14(11-15)12-19(6)17(21)22-18(3,4)5/h7-11,20H,1,12H2,2-6H3/b16-13-. The van der Waals surface area contributed by atoms with Crippen LogP contribution in [0.4, 0.5) is 4.79 Å². The number of ether oxygens (including phenoxy) is 1. The van der Waals surface area contributed by atoms with E-state index < -0.39 is 5.60 Å². The predicted octanol–water partition coefficient (Wildman–Crippen LogP) is 4.53. The van der Waals surface area contributed by atoms with E-state index in [1.807, 2.05) is 45.0 Å². The van der Waals surface area contributed by atoms with Gasteiger partial charge in [0.1, 0.15) is 5.60 Å². The van der Waals surface area contributed by atoms with Gasteiger partial charge in [-0.1, -0.05) is 30.9 Å². The number of aliphatic hydroxyl groups excluding tert-OH is 1. The molecule has 0 radical (unpaired) electrons. The fourth-order valence-corrected chi connectivity index (χ4v) is 1.99. The summed E-state index contributed by atoms with van der Waals surface area (Å²) in [5.74, 6) is 0.215. The van der Waals surface area contributed by atoms with E-state index >= 15 is 0 Å². The van der Waals surface area contributed by atoms with Crippen LogP contribution < -0.4 is 0 Å². The summed E-state index contributed by atoms with van der Waals surface area (Å²) < 4.78 is 5.33. The van der Waals surface area contributed by atoms with E-state index in [9.17, 15) is 9.90 Å². The second kappa shape index (κ2) is 7.16. The van der Waals surface area contributed by atoms with Gasteiger partial charge >= 0.3 is 6.09 Å². The Morgan fingerprint density at radius 2 is 2.05 bits per heavy atom. The Morgan fingerprint density at radius 1 is 1.41 bits per heavy atom. The molecule has 0 bridgehead atoms. The lowest BCUT2D eigenvalue weighted by molar-refractivity contribution is 0.0285. The molecule has 0 aliphatic carbocycles. The second-order valence-corrected chi connectivity index (χ2v) is 6.24. The lowest BCUT2D eigenvalue weighted by Gasteiger charge is -2.24. The van der Waals surface area contributed by atoms with Crippen LogP contribution in [-0.4, -0.2) is 28.7 Å². The summed E-state index contributed by atoms with van der Waals surface area (Å²) in [5.41, 5.74) is 1.98. The van der Waals surface area contributed by atoms with Gasteiger partial charge in [-0.2, -0.15) is 0 Å². The van der Waals surface area contributed by atoms with Crippen molar-refractivity contribution in [2.45, 2.75) is 39.8 Å². The van der Waals surface area contributed by atoms with Crippen LogP contribution in [-0.2, 0) is 11.3 Å². The van der Waals surface area contributed by atoms with E-state index in [1.54, 1.807) is 20.0 Å². The largest absolute Gasteiger partial charge is 0.512 e. The van der Waals surface area contributed by atoms with Crippen LogP contribution in [0, 0.1) is 0 Å². The molecule has 120 valence electrons. The van der Waals surface area contributed by atoms with Crippen LogP contribution in [0.15, 0.2) is 42.7 Å².